The van der Waals surface area contributed by atoms with Crippen molar-refractivity contribution in [2.45, 2.75) is 6.92 Å². The van der Waals surface area contributed by atoms with E-state index in [0.717, 1.165) is 4.47 Å². The van der Waals surface area contributed by atoms with Crippen molar-refractivity contribution in [1.82, 2.24) is 0 Å². The molecule has 4 heteroatoms. The molecule has 0 fully saturated rings. The normalized spacial score (nSPS) is 9.38. The fraction of sp³-hybridized carbons (Fsp3) is 0.111. The van der Waals surface area contributed by atoms with Crippen LogP contribution in [0.2, 0.25) is 0 Å². The van der Waals surface area contributed by atoms with Gasteiger partial charge in [0.05, 0.1) is 5.56 Å². The maximum Gasteiger partial charge on any atom is 0.161 e. The lowest BCUT2D eigenvalue weighted by Gasteiger charge is -2.02. The van der Waals surface area contributed by atoms with E-state index in [1.165, 1.54) is 6.92 Å². The lowest BCUT2D eigenvalue weighted by molar-refractivity contribution is 0.101. The first-order chi connectivity index (χ1) is 6.06. The molecule has 0 unspecified atom stereocenters. The molecule has 0 aromatic heterocycles. The molecule has 1 aromatic rings. The van der Waals surface area contributed by atoms with Gasteiger partial charge in [0.1, 0.15) is 6.07 Å². The molecule has 13 heavy (non-hydrogen) atoms. The summed E-state index contributed by atoms with van der Waals surface area (Å²) >= 11 is 6.47. The van der Waals surface area contributed by atoms with Gasteiger partial charge in [-0.3, -0.25) is 4.79 Å². The Kier molecular flexibility index (Phi) is 3.23. The molecule has 0 aliphatic carbocycles. The van der Waals surface area contributed by atoms with E-state index in [1.54, 1.807) is 12.1 Å². The molecule has 0 bridgehead atoms. The molecule has 0 aliphatic rings. The van der Waals surface area contributed by atoms with Crippen LogP contribution in [0.15, 0.2) is 21.1 Å². The summed E-state index contributed by atoms with van der Waals surface area (Å²) in [4.78, 5) is 11.1. The van der Waals surface area contributed by atoms with E-state index in [0.29, 0.717) is 15.6 Å². The van der Waals surface area contributed by atoms with Crippen LogP contribution in [-0.2, 0) is 0 Å². The predicted molar refractivity (Wildman–Crippen MR) is 56.6 cm³/mol. The van der Waals surface area contributed by atoms with Crippen LogP contribution >= 0.6 is 31.9 Å². The summed E-state index contributed by atoms with van der Waals surface area (Å²) in [5, 5.41) is 8.79. The number of Topliss-reactive ketones (excluding diaryl/α,β-unsaturated/α-hetero) is 1. The van der Waals surface area contributed by atoms with E-state index < -0.39 is 0 Å². The zero-order valence-electron chi connectivity index (χ0n) is 6.77. The number of carbonyl (C=O) groups excluding carboxylic acids is 1. The second-order valence-electron chi connectivity index (χ2n) is 2.48. The molecule has 0 atom stereocenters. The van der Waals surface area contributed by atoms with Crippen molar-refractivity contribution in [3.05, 3.63) is 32.2 Å². The third kappa shape index (κ3) is 2.17. The third-order valence-corrected chi connectivity index (χ3v) is 2.63. The minimum absolute atomic E-state index is 0.112. The second kappa shape index (κ2) is 4.03. The summed E-state index contributed by atoms with van der Waals surface area (Å²) in [6.07, 6.45) is 0. The van der Waals surface area contributed by atoms with Crippen LogP contribution in [0.4, 0.5) is 0 Å². The number of carbonyl (C=O) groups is 1. The Morgan fingerprint density at radius 1 is 1.46 bits per heavy atom. The molecular weight excluding hydrogens is 298 g/mol. The first kappa shape index (κ1) is 10.4. The molecule has 0 amide bonds. The molecule has 0 spiro atoms. The minimum Gasteiger partial charge on any atom is -0.294 e. The van der Waals surface area contributed by atoms with Crippen LogP contribution in [-0.4, -0.2) is 5.78 Å². The van der Waals surface area contributed by atoms with Gasteiger partial charge in [0.2, 0.25) is 0 Å². The van der Waals surface area contributed by atoms with E-state index >= 15 is 0 Å². The van der Waals surface area contributed by atoms with Crippen molar-refractivity contribution in [3.63, 3.8) is 0 Å². The molecule has 0 radical (unpaired) electrons. The monoisotopic (exact) mass is 301 g/mol. The van der Waals surface area contributed by atoms with Gasteiger partial charge in [-0.25, -0.2) is 0 Å². The molecule has 1 aromatic carbocycles. The summed E-state index contributed by atoms with van der Waals surface area (Å²) in [5.41, 5.74) is 0.819. The number of ketones is 1. The third-order valence-electron chi connectivity index (χ3n) is 1.55. The summed E-state index contributed by atoms with van der Waals surface area (Å²) < 4.78 is 1.41. The number of rotatable bonds is 1. The number of halogens is 2. The first-order valence-corrected chi connectivity index (χ1v) is 5.05. The van der Waals surface area contributed by atoms with Crippen molar-refractivity contribution in [1.29, 1.82) is 5.26 Å². The quantitative estimate of drug-likeness (QED) is 0.747. The van der Waals surface area contributed by atoms with Crippen molar-refractivity contribution in [2.75, 3.05) is 0 Å². The van der Waals surface area contributed by atoms with E-state index in [-0.39, 0.29) is 5.78 Å². The Balaban J connectivity index is 3.50. The van der Waals surface area contributed by atoms with Gasteiger partial charge in [0, 0.05) is 14.5 Å². The van der Waals surface area contributed by atoms with Gasteiger partial charge in [0.25, 0.3) is 0 Å². The van der Waals surface area contributed by atoms with Gasteiger partial charge in [-0.15, -0.1) is 0 Å². The van der Waals surface area contributed by atoms with Gasteiger partial charge in [-0.1, -0.05) is 15.9 Å². The van der Waals surface area contributed by atoms with Crippen molar-refractivity contribution < 1.29 is 4.79 Å². The molecule has 1 rings (SSSR count). The van der Waals surface area contributed by atoms with Crippen molar-refractivity contribution >= 4 is 37.6 Å². The number of hydrogen-bond donors (Lipinski definition) is 0. The Morgan fingerprint density at radius 2 is 2.08 bits per heavy atom. The highest BCUT2D eigenvalue weighted by Crippen LogP contribution is 2.25. The summed E-state index contributed by atoms with van der Waals surface area (Å²) in [7, 11) is 0. The highest BCUT2D eigenvalue weighted by Gasteiger charge is 2.11. The minimum atomic E-state index is -0.112. The zero-order valence-corrected chi connectivity index (χ0v) is 9.94. The van der Waals surface area contributed by atoms with E-state index in [4.69, 9.17) is 5.26 Å². The highest BCUT2D eigenvalue weighted by molar-refractivity contribution is 9.11. The number of hydrogen-bond acceptors (Lipinski definition) is 2. The van der Waals surface area contributed by atoms with Gasteiger partial charge < -0.3 is 0 Å². The van der Waals surface area contributed by atoms with E-state index in [1.807, 2.05) is 6.07 Å². The number of benzene rings is 1. The Hall–Kier alpha value is -0.660. The Morgan fingerprint density at radius 3 is 2.54 bits per heavy atom. The van der Waals surface area contributed by atoms with Crippen LogP contribution in [0.3, 0.4) is 0 Å². The number of nitriles is 1. The molecule has 0 saturated carbocycles. The summed E-state index contributed by atoms with van der Waals surface area (Å²) in [5.74, 6) is -0.112. The topological polar surface area (TPSA) is 40.9 Å². The lowest BCUT2D eigenvalue weighted by atomic mass is 10.1. The summed E-state index contributed by atoms with van der Waals surface area (Å²) in [6.45, 7) is 1.44. The maximum absolute atomic E-state index is 11.1. The fourth-order valence-electron chi connectivity index (χ4n) is 0.965. The average Bonchev–Trinajstić information content (AvgIpc) is 2.02. The van der Waals surface area contributed by atoms with Crippen molar-refractivity contribution in [3.8, 4) is 6.07 Å². The molecule has 0 saturated heterocycles. The standard InChI is InChI=1S/C9H5Br2NO/c1-5(13)7-2-6(10)3-9(11)8(7)4-12/h2-3H,1H3. The average molecular weight is 303 g/mol. The van der Waals surface area contributed by atoms with Gasteiger partial charge in [-0.05, 0) is 35.0 Å². The van der Waals surface area contributed by atoms with Crippen LogP contribution < -0.4 is 0 Å². The van der Waals surface area contributed by atoms with Crippen LogP contribution in [0, 0.1) is 11.3 Å². The molecule has 66 valence electrons. The van der Waals surface area contributed by atoms with Gasteiger partial charge in [0.15, 0.2) is 5.78 Å². The van der Waals surface area contributed by atoms with Gasteiger partial charge in [-0.2, -0.15) is 5.26 Å². The Bertz CT molecular complexity index is 407. The lowest BCUT2D eigenvalue weighted by Crippen LogP contribution is -1.97. The van der Waals surface area contributed by atoms with Crippen LogP contribution in [0.1, 0.15) is 22.8 Å². The van der Waals surface area contributed by atoms with Crippen LogP contribution in [0.25, 0.3) is 0 Å². The summed E-state index contributed by atoms with van der Waals surface area (Å²) in [6, 6.07) is 5.37. The molecule has 0 aliphatic heterocycles. The molecule has 2 nitrogen and oxygen atoms in total. The second-order valence-corrected chi connectivity index (χ2v) is 4.25. The maximum atomic E-state index is 11.1. The van der Waals surface area contributed by atoms with Crippen LogP contribution in [0.5, 0.6) is 0 Å². The van der Waals surface area contributed by atoms with E-state index in [9.17, 15) is 4.79 Å². The number of nitrogens with zero attached hydrogens (tertiary/aromatic N) is 1. The smallest absolute Gasteiger partial charge is 0.161 e. The molecular formula is C9H5Br2NO. The largest absolute Gasteiger partial charge is 0.294 e. The highest BCUT2D eigenvalue weighted by atomic mass is 79.9. The van der Waals surface area contributed by atoms with Crippen molar-refractivity contribution in [2.24, 2.45) is 0 Å². The predicted octanol–water partition coefficient (Wildman–Crippen LogP) is 3.29. The first-order valence-electron chi connectivity index (χ1n) is 3.46. The fourth-order valence-corrected chi connectivity index (χ4v) is 2.28. The SMILES string of the molecule is CC(=O)c1cc(Br)cc(Br)c1C#N. The zero-order chi connectivity index (χ0) is 10.0. The molecule has 0 heterocycles. The Labute approximate surface area is 92.8 Å². The molecule has 0 N–H and O–H groups in total. The van der Waals surface area contributed by atoms with Gasteiger partial charge >= 0.3 is 0 Å². The van der Waals surface area contributed by atoms with E-state index in [2.05, 4.69) is 31.9 Å².